The minimum Gasteiger partial charge on any atom is -0.481 e. The number of hydrogen-bond donors (Lipinski definition) is 8. The molecule has 0 spiro atoms. The molecule has 0 radical (unpaired) electrons. The third kappa shape index (κ3) is 10.1. The van der Waals surface area contributed by atoms with Gasteiger partial charge in [0, 0.05) is 24.3 Å². The SMILES string of the molecule is NC(CS)C(=O)NC(CCC(=O)O)C(=O)NC(Cc1ccccc1)C(=O)NC(CS)C(=O)O. The molecule has 11 nitrogen and oxygen atoms in total. The van der Waals surface area contributed by atoms with Crippen LogP contribution < -0.4 is 21.7 Å². The number of rotatable bonds is 14. The van der Waals surface area contributed by atoms with E-state index in [4.69, 9.17) is 10.8 Å². The van der Waals surface area contributed by atoms with Gasteiger partial charge in [0.05, 0.1) is 6.04 Å². The van der Waals surface area contributed by atoms with E-state index in [0.29, 0.717) is 5.56 Å². The van der Waals surface area contributed by atoms with Gasteiger partial charge in [0.25, 0.3) is 0 Å². The first-order valence-electron chi connectivity index (χ1n) is 9.96. The lowest BCUT2D eigenvalue weighted by molar-refractivity contribution is -0.141. The van der Waals surface area contributed by atoms with E-state index in [1.807, 2.05) is 0 Å². The third-order valence-electron chi connectivity index (χ3n) is 4.53. The molecule has 3 amide bonds. The van der Waals surface area contributed by atoms with Crippen molar-refractivity contribution < 1.29 is 34.2 Å². The van der Waals surface area contributed by atoms with Gasteiger partial charge in [-0.2, -0.15) is 25.3 Å². The summed E-state index contributed by atoms with van der Waals surface area (Å²) in [4.78, 5) is 60.1. The van der Waals surface area contributed by atoms with E-state index < -0.39 is 60.2 Å². The molecular formula is C20H28N4O7S2. The molecule has 0 fully saturated rings. The highest BCUT2D eigenvalue weighted by Gasteiger charge is 2.30. The van der Waals surface area contributed by atoms with Crippen LogP contribution in [0.25, 0.3) is 0 Å². The van der Waals surface area contributed by atoms with Crippen molar-refractivity contribution in [2.75, 3.05) is 11.5 Å². The maximum absolute atomic E-state index is 12.9. The van der Waals surface area contributed by atoms with Crippen LogP contribution in [0, 0.1) is 0 Å². The number of carbonyl (C=O) groups is 5. The molecule has 1 aromatic rings. The smallest absolute Gasteiger partial charge is 0.327 e. The van der Waals surface area contributed by atoms with Gasteiger partial charge in [0.15, 0.2) is 0 Å². The lowest BCUT2D eigenvalue weighted by atomic mass is 10.0. The van der Waals surface area contributed by atoms with Crippen molar-refractivity contribution in [1.82, 2.24) is 16.0 Å². The molecule has 0 saturated carbocycles. The third-order valence-corrected chi connectivity index (χ3v) is 5.28. The van der Waals surface area contributed by atoms with Crippen molar-refractivity contribution in [2.45, 2.75) is 43.4 Å². The molecule has 182 valence electrons. The van der Waals surface area contributed by atoms with Crippen molar-refractivity contribution in [3.05, 3.63) is 35.9 Å². The molecule has 33 heavy (non-hydrogen) atoms. The highest BCUT2D eigenvalue weighted by atomic mass is 32.1. The van der Waals surface area contributed by atoms with E-state index in [2.05, 4.69) is 41.2 Å². The zero-order valence-corrected chi connectivity index (χ0v) is 19.4. The fourth-order valence-electron chi connectivity index (χ4n) is 2.69. The zero-order valence-electron chi connectivity index (χ0n) is 17.6. The maximum Gasteiger partial charge on any atom is 0.327 e. The Hall–Kier alpha value is -2.77. The maximum atomic E-state index is 12.9. The summed E-state index contributed by atoms with van der Waals surface area (Å²) in [6, 6.07) is 3.86. The average molecular weight is 501 g/mol. The molecule has 13 heteroatoms. The molecule has 4 atom stereocenters. The fourth-order valence-corrected chi connectivity index (χ4v) is 3.10. The summed E-state index contributed by atoms with van der Waals surface area (Å²) in [6.45, 7) is 0. The summed E-state index contributed by atoms with van der Waals surface area (Å²) in [5.74, 6) is -4.95. The summed E-state index contributed by atoms with van der Waals surface area (Å²) < 4.78 is 0. The average Bonchev–Trinajstić information content (AvgIpc) is 2.78. The predicted octanol–water partition coefficient (Wildman–Crippen LogP) is -1.18. The standard InChI is InChI=1S/C20H28N4O7S2/c21-12(9-32)17(27)22-13(6-7-16(25)26)18(28)23-14(8-11-4-2-1-3-5-11)19(29)24-15(10-33)20(30)31/h1-5,12-15,32-33H,6-10,21H2,(H,22,27)(H,23,28)(H,24,29)(H,25,26)(H,30,31). The Labute approximate surface area is 201 Å². The second-order valence-electron chi connectivity index (χ2n) is 7.12. The summed E-state index contributed by atoms with van der Waals surface area (Å²) >= 11 is 7.83. The Morgan fingerprint density at radius 2 is 1.36 bits per heavy atom. The van der Waals surface area contributed by atoms with E-state index in [1.165, 1.54) is 0 Å². The topological polar surface area (TPSA) is 188 Å². The second kappa shape index (κ2) is 14.4. The van der Waals surface area contributed by atoms with Gasteiger partial charge in [-0.3, -0.25) is 19.2 Å². The van der Waals surface area contributed by atoms with Crippen molar-refractivity contribution in [3.63, 3.8) is 0 Å². The van der Waals surface area contributed by atoms with Gasteiger partial charge in [0.1, 0.15) is 18.1 Å². The molecule has 0 saturated heterocycles. The first-order chi connectivity index (χ1) is 15.6. The molecule has 4 unspecified atom stereocenters. The minimum absolute atomic E-state index is 0.00154. The van der Waals surface area contributed by atoms with Crippen molar-refractivity contribution in [1.29, 1.82) is 0 Å². The number of carboxylic acids is 2. The molecule has 7 N–H and O–H groups in total. The van der Waals surface area contributed by atoms with Gasteiger partial charge in [-0.25, -0.2) is 4.79 Å². The van der Waals surface area contributed by atoms with Gasteiger partial charge in [-0.05, 0) is 12.0 Å². The van der Waals surface area contributed by atoms with Crippen LogP contribution in [-0.2, 0) is 30.4 Å². The second-order valence-corrected chi connectivity index (χ2v) is 7.85. The Balaban J connectivity index is 3.08. The summed E-state index contributed by atoms with van der Waals surface area (Å²) in [5, 5.41) is 25.3. The number of nitrogens with one attached hydrogen (secondary N) is 3. The number of thiol groups is 2. The summed E-state index contributed by atoms with van der Waals surface area (Å²) in [6.07, 6.45) is -0.655. The van der Waals surface area contributed by atoms with Gasteiger partial charge in [-0.15, -0.1) is 0 Å². The number of carbonyl (C=O) groups excluding carboxylic acids is 3. The van der Waals surface area contributed by atoms with Crippen molar-refractivity contribution in [3.8, 4) is 0 Å². The van der Waals surface area contributed by atoms with Crippen molar-refractivity contribution in [2.24, 2.45) is 5.73 Å². The van der Waals surface area contributed by atoms with E-state index >= 15 is 0 Å². The highest BCUT2D eigenvalue weighted by Crippen LogP contribution is 2.07. The van der Waals surface area contributed by atoms with Crippen LogP contribution in [0.2, 0.25) is 0 Å². The van der Waals surface area contributed by atoms with Crippen LogP contribution in [0.3, 0.4) is 0 Å². The molecule has 0 aliphatic rings. The number of benzene rings is 1. The Bertz CT molecular complexity index is 841. The largest absolute Gasteiger partial charge is 0.481 e. The van der Waals surface area contributed by atoms with E-state index in [9.17, 15) is 29.1 Å². The molecule has 1 rings (SSSR count). The normalized spacial score (nSPS) is 14.3. The lowest BCUT2D eigenvalue weighted by Crippen LogP contribution is -2.58. The Morgan fingerprint density at radius 3 is 1.88 bits per heavy atom. The van der Waals surface area contributed by atoms with Gasteiger partial charge < -0.3 is 31.9 Å². The highest BCUT2D eigenvalue weighted by molar-refractivity contribution is 7.80. The number of hydrogen-bond acceptors (Lipinski definition) is 8. The zero-order chi connectivity index (χ0) is 25.0. The molecule has 0 aliphatic carbocycles. The molecule has 0 bridgehead atoms. The fraction of sp³-hybridized carbons (Fsp3) is 0.450. The van der Waals surface area contributed by atoms with Crippen LogP contribution >= 0.6 is 25.3 Å². The quantitative estimate of drug-likeness (QED) is 0.147. The number of nitrogens with two attached hydrogens (primary N) is 1. The van der Waals surface area contributed by atoms with E-state index in [0.717, 1.165) is 0 Å². The molecule has 0 aliphatic heterocycles. The first kappa shape index (κ1) is 28.3. The molecule has 0 heterocycles. The van der Waals surface area contributed by atoms with Crippen LogP contribution in [-0.4, -0.2) is 75.5 Å². The van der Waals surface area contributed by atoms with Crippen LogP contribution in [0.15, 0.2) is 30.3 Å². The summed E-state index contributed by atoms with van der Waals surface area (Å²) in [5.41, 5.74) is 6.29. The van der Waals surface area contributed by atoms with E-state index in [-0.39, 0.29) is 24.3 Å². The number of amides is 3. The van der Waals surface area contributed by atoms with Gasteiger partial charge in [0.2, 0.25) is 17.7 Å². The Kier molecular flexibility index (Phi) is 12.3. The van der Waals surface area contributed by atoms with Gasteiger partial charge in [-0.1, -0.05) is 30.3 Å². The van der Waals surface area contributed by atoms with Gasteiger partial charge >= 0.3 is 11.9 Å². The van der Waals surface area contributed by atoms with E-state index in [1.54, 1.807) is 30.3 Å². The first-order valence-corrected chi connectivity index (χ1v) is 11.2. The molecule has 1 aromatic carbocycles. The minimum atomic E-state index is -1.30. The lowest BCUT2D eigenvalue weighted by Gasteiger charge is -2.25. The van der Waals surface area contributed by atoms with Crippen LogP contribution in [0.1, 0.15) is 18.4 Å². The van der Waals surface area contributed by atoms with Crippen LogP contribution in [0.5, 0.6) is 0 Å². The molecular weight excluding hydrogens is 472 g/mol. The summed E-state index contributed by atoms with van der Waals surface area (Å²) in [7, 11) is 0. The van der Waals surface area contributed by atoms with Crippen molar-refractivity contribution >= 4 is 54.9 Å². The Morgan fingerprint density at radius 1 is 0.818 bits per heavy atom. The van der Waals surface area contributed by atoms with Crippen LogP contribution in [0.4, 0.5) is 0 Å². The number of carboxylic acid groups (broad SMARTS) is 2. The predicted molar refractivity (Wildman–Crippen MR) is 126 cm³/mol. The number of aliphatic carboxylic acids is 2. The monoisotopic (exact) mass is 500 g/mol. The molecule has 0 aromatic heterocycles.